The largest absolute Gasteiger partial charge is 0.382 e. The first-order valence-corrected chi connectivity index (χ1v) is 8.48. The van der Waals surface area contributed by atoms with Gasteiger partial charge in [0, 0.05) is 11.7 Å². The van der Waals surface area contributed by atoms with Gasteiger partial charge in [-0.3, -0.25) is 0 Å². The van der Waals surface area contributed by atoms with Gasteiger partial charge in [0.25, 0.3) is 0 Å². The van der Waals surface area contributed by atoms with Crippen LogP contribution >= 0.6 is 0 Å². The highest BCUT2D eigenvalue weighted by Crippen LogP contribution is 2.35. The predicted molar refractivity (Wildman–Crippen MR) is 87.2 cm³/mol. The molecular weight excluding hydrogens is 242 g/mol. The monoisotopic (exact) mass is 271 g/mol. The van der Waals surface area contributed by atoms with Crippen LogP contribution in [0.3, 0.4) is 0 Å². The maximum Gasteiger partial charge on any atom is 0.0374 e. The van der Waals surface area contributed by atoms with E-state index in [9.17, 15) is 0 Å². The number of hydrogen-bond donors (Lipinski definition) is 1. The lowest BCUT2D eigenvalue weighted by Gasteiger charge is -2.32. The van der Waals surface area contributed by atoms with Crippen LogP contribution in [-0.2, 0) is 12.8 Å². The fraction of sp³-hybridized carbons (Fsp3) is 0.684. The Bertz CT molecular complexity index is 455. The Morgan fingerprint density at radius 2 is 1.80 bits per heavy atom. The Hall–Kier alpha value is -0.980. The maximum atomic E-state index is 3.60. The minimum atomic E-state index is 0.633. The molecule has 0 radical (unpaired) electrons. The van der Waals surface area contributed by atoms with Gasteiger partial charge >= 0.3 is 0 Å². The molecule has 20 heavy (non-hydrogen) atoms. The molecule has 1 heterocycles. The van der Waals surface area contributed by atoms with Crippen molar-refractivity contribution in [3.63, 3.8) is 0 Å². The molecule has 1 saturated carbocycles. The molecule has 0 spiro atoms. The highest BCUT2D eigenvalue weighted by atomic mass is 14.9. The second-order valence-electron chi connectivity index (χ2n) is 7.56. The Morgan fingerprint density at radius 3 is 2.55 bits per heavy atom. The zero-order valence-electron chi connectivity index (χ0n) is 13.3. The Kier molecular flexibility index (Phi) is 4.05. The number of hydrogen-bond acceptors (Lipinski definition) is 1. The Balaban J connectivity index is 1.69. The number of benzene rings is 1. The summed E-state index contributed by atoms with van der Waals surface area (Å²) in [6.07, 6.45) is 8.09. The van der Waals surface area contributed by atoms with Crippen molar-refractivity contribution in [3.8, 4) is 0 Å². The Labute approximate surface area is 124 Å². The van der Waals surface area contributed by atoms with E-state index in [2.05, 4.69) is 44.3 Å². The molecule has 0 bridgehead atoms. The van der Waals surface area contributed by atoms with Crippen molar-refractivity contribution < 1.29 is 0 Å². The van der Waals surface area contributed by atoms with Gasteiger partial charge in [-0.05, 0) is 80.4 Å². The van der Waals surface area contributed by atoms with Crippen LogP contribution in [0.2, 0.25) is 0 Å². The molecule has 1 N–H and O–H groups in total. The normalized spacial score (nSPS) is 33.4. The second-order valence-corrected chi connectivity index (χ2v) is 7.56. The average Bonchev–Trinajstić information content (AvgIpc) is 2.38. The summed E-state index contributed by atoms with van der Waals surface area (Å²) in [6, 6.07) is 7.77. The van der Waals surface area contributed by atoms with Gasteiger partial charge in [0.1, 0.15) is 0 Å². The summed E-state index contributed by atoms with van der Waals surface area (Å²) in [5.41, 5.74) is 4.47. The van der Waals surface area contributed by atoms with Gasteiger partial charge in [0.05, 0.1) is 0 Å². The molecule has 1 aromatic rings. The molecule has 0 aromatic heterocycles. The zero-order valence-corrected chi connectivity index (χ0v) is 13.3. The smallest absolute Gasteiger partial charge is 0.0374 e. The molecule has 3 rings (SSSR count). The fourth-order valence-corrected chi connectivity index (χ4v) is 4.44. The maximum absolute atomic E-state index is 3.60. The van der Waals surface area contributed by atoms with E-state index in [1.165, 1.54) is 49.8 Å². The molecule has 1 heteroatoms. The molecule has 1 aliphatic heterocycles. The average molecular weight is 271 g/mol. The Morgan fingerprint density at radius 1 is 1.05 bits per heavy atom. The molecule has 0 amide bonds. The summed E-state index contributed by atoms with van der Waals surface area (Å²) in [5.74, 6) is 2.75. The van der Waals surface area contributed by atoms with Crippen LogP contribution in [0.5, 0.6) is 0 Å². The number of aryl methyl sites for hydroxylation is 1. The van der Waals surface area contributed by atoms with Crippen LogP contribution in [0.4, 0.5) is 5.69 Å². The SMILES string of the molecule is CC1CC(C)CC(Cc2ccc3c(c2)CCC(C)N3)C1. The quantitative estimate of drug-likeness (QED) is 0.794. The first kappa shape index (κ1) is 14.0. The second kappa shape index (κ2) is 5.79. The number of nitrogens with one attached hydrogen (secondary N) is 1. The van der Waals surface area contributed by atoms with Gasteiger partial charge in [-0.2, -0.15) is 0 Å². The van der Waals surface area contributed by atoms with Gasteiger partial charge in [0.2, 0.25) is 0 Å². The van der Waals surface area contributed by atoms with E-state index in [-0.39, 0.29) is 0 Å². The van der Waals surface area contributed by atoms with Crippen molar-refractivity contribution in [1.82, 2.24) is 0 Å². The summed E-state index contributed by atoms with van der Waals surface area (Å²) < 4.78 is 0. The predicted octanol–water partition coefficient (Wildman–Crippen LogP) is 5.05. The van der Waals surface area contributed by atoms with Gasteiger partial charge in [0.15, 0.2) is 0 Å². The van der Waals surface area contributed by atoms with Crippen molar-refractivity contribution in [3.05, 3.63) is 29.3 Å². The topological polar surface area (TPSA) is 12.0 Å². The molecule has 1 aliphatic carbocycles. The van der Waals surface area contributed by atoms with E-state index < -0.39 is 0 Å². The third-order valence-corrected chi connectivity index (χ3v) is 5.22. The molecule has 1 fully saturated rings. The summed E-state index contributed by atoms with van der Waals surface area (Å²) in [4.78, 5) is 0. The minimum Gasteiger partial charge on any atom is -0.382 e. The van der Waals surface area contributed by atoms with E-state index in [0.29, 0.717) is 6.04 Å². The summed E-state index contributed by atoms with van der Waals surface area (Å²) in [6.45, 7) is 7.14. The third-order valence-electron chi connectivity index (χ3n) is 5.22. The van der Waals surface area contributed by atoms with Crippen LogP contribution in [0.15, 0.2) is 18.2 Å². The van der Waals surface area contributed by atoms with Crippen molar-refractivity contribution in [2.75, 3.05) is 5.32 Å². The highest BCUT2D eigenvalue weighted by molar-refractivity contribution is 5.55. The molecule has 3 unspecified atom stereocenters. The number of rotatable bonds is 2. The molecule has 0 saturated heterocycles. The van der Waals surface area contributed by atoms with Gasteiger partial charge < -0.3 is 5.32 Å². The summed E-state index contributed by atoms with van der Waals surface area (Å²) in [5, 5.41) is 3.60. The zero-order chi connectivity index (χ0) is 14.1. The summed E-state index contributed by atoms with van der Waals surface area (Å²) >= 11 is 0. The fourth-order valence-electron chi connectivity index (χ4n) is 4.44. The van der Waals surface area contributed by atoms with Crippen molar-refractivity contribution in [2.45, 2.75) is 65.3 Å². The van der Waals surface area contributed by atoms with Crippen LogP contribution in [-0.4, -0.2) is 6.04 Å². The summed E-state index contributed by atoms with van der Waals surface area (Å²) in [7, 11) is 0. The van der Waals surface area contributed by atoms with E-state index in [0.717, 1.165) is 17.8 Å². The van der Waals surface area contributed by atoms with Crippen LogP contribution < -0.4 is 5.32 Å². The highest BCUT2D eigenvalue weighted by Gasteiger charge is 2.24. The van der Waals surface area contributed by atoms with Crippen LogP contribution in [0.25, 0.3) is 0 Å². The van der Waals surface area contributed by atoms with E-state index in [1.807, 2.05) is 0 Å². The lowest BCUT2D eigenvalue weighted by Crippen LogP contribution is -2.23. The van der Waals surface area contributed by atoms with Gasteiger partial charge in [-0.15, -0.1) is 0 Å². The molecule has 110 valence electrons. The standard InChI is InChI=1S/C19H29N/c1-13-8-14(2)10-17(9-13)11-16-5-7-19-18(12-16)6-4-15(3)20-19/h5,7,12-15,17,20H,4,6,8-11H2,1-3H3. The minimum absolute atomic E-state index is 0.633. The van der Waals surface area contributed by atoms with E-state index >= 15 is 0 Å². The van der Waals surface area contributed by atoms with E-state index in [1.54, 1.807) is 5.56 Å². The van der Waals surface area contributed by atoms with Crippen molar-refractivity contribution >= 4 is 5.69 Å². The van der Waals surface area contributed by atoms with Crippen LogP contribution in [0.1, 0.15) is 57.6 Å². The molecular formula is C19H29N. The number of fused-ring (bicyclic) bond motifs is 1. The molecule has 1 aromatic carbocycles. The van der Waals surface area contributed by atoms with Crippen molar-refractivity contribution in [1.29, 1.82) is 0 Å². The number of anilines is 1. The molecule has 3 atom stereocenters. The lowest BCUT2D eigenvalue weighted by atomic mass is 9.74. The van der Waals surface area contributed by atoms with Gasteiger partial charge in [-0.1, -0.05) is 26.0 Å². The lowest BCUT2D eigenvalue weighted by molar-refractivity contribution is 0.218. The molecule has 1 nitrogen and oxygen atoms in total. The van der Waals surface area contributed by atoms with Crippen molar-refractivity contribution in [2.24, 2.45) is 17.8 Å². The first-order chi connectivity index (χ1) is 9.60. The molecule has 2 aliphatic rings. The van der Waals surface area contributed by atoms with E-state index in [4.69, 9.17) is 0 Å². The van der Waals surface area contributed by atoms with Gasteiger partial charge in [-0.25, -0.2) is 0 Å². The first-order valence-electron chi connectivity index (χ1n) is 8.48. The van der Waals surface area contributed by atoms with Crippen LogP contribution in [0, 0.1) is 17.8 Å². The third kappa shape index (κ3) is 3.19.